The highest BCUT2D eigenvalue weighted by molar-refractivity contribution is 7.91. The number of carbonyl (C=O) groups excluding carboxylic acids is 1. The number of hydrogen-bond donors (Lipinski definition) is 1. The van der Waals surface area contributed by atoms with Gasteiger partial charge in [-0.05, 0) is 31.0 Å². The van der Waals surface area contributed by atoms with Gasteiger partial charge < -0.3 is 5.32 Å². The van der Waals surface area contributed by atoms with Gasteiger partial charge in [0, 0.05) is 30.1 Å². The van der Waals surface area contributed by atoms with Crippen LogP contribution in [0.4, 0.5) is 18.9 Å². The molecule has 0 atom stereocenters. The minimum atomic E-state index is -4.57. The number of rotatable bonds is 5. The van der Waals surface area contributed by atoms with E-state index in [-0.39, 0.29) is 45.4 Å². The number of amides is 1. The summed E-state index contributed by atoms with van der Waals surface area (Å²) in [5.74, 6) is -0.500. The van der Waals surface area contributed by atoms with Crippen LogP contribution in [0, 0.1) is 5.92 Å². The fraction of sp³-hybridized carbons (Fsp3) is 0.300. The zero-order valence-electron chi connectivity index (χ0n) is 17.2. The number of alkyl halides is 3. The largest absolute Gasteiger partial charge is 0.417 e. The maximum Gasteiger partial charge on any atom is 0.417 e. The Morgan fingerprint density at radius 2 is 1.94 bits per heavy atom. The fourth-order valence-electron chi connectivity index (χ4n) is 3.42. The first-order chi connectivity index (χ1) is 15.6. The molecule has 172 valence electrons. The summed E-state index contributed by atoms with van der Waals surface area (Å²) in [5.41, 5.74) is -0.222. The Morgan fingerprint density at radius 1 is 1.18 bits per heavy atom. The second-order valence-electron chi connectivity index (χ2n) is 7.73. The summed E-state index contributed by atoms with van der Waals surface area (Å²) >= 11 is 0. The van der Waals surface area contributed by atoms with Crippen LogP contribution in [-0.2, 0) is 20.8 Å². The summed E-state index contributed by atoms with van der Waals surface area (Å²) in [6.45, 7) is 1.47. The molecule has 1 aliphatic rings. The molecule has 0 radical (unpaired) electrons. The van der Waals surface area contributed by atoms with Gasteiger partial charge in [0.1, 0.15) is 11.3 Å². The van der Waals surface area contributed by atoms with Crippen LogP contribution in [0.1, 0.15) is 25.3 Å². The van der Waals surface area contributed by atoms with Crippen molar-refractivity contribution in [3.8, 4) is 11.5 Å². The van der Waals surface area contributed by atoms with Gasteiger partial charge in [-0.3, -0.25) is 9.20 Å². The molecule has 5 rings (SSSR count). The van der Waals surface area contributed by atoms with Crippen molar-refractivity contribution in [3.05, 3.63) is 42.2 Å². The van der Waals surface area contributed by atoms with Crippen LogP contribution in [0.3, 0.4) is 0 Å². The lowest BCUT2D eigenvalue weighted by Crippen LogP contribution is -2.13. The van der Waals surface area contributed by atoms with Crippen LogP contribution in [0.2, 0.25) is 0 Å². The predicted octanol–water partition coefficient (Wildman–Crippen LogP) is 3.20. The van der Waals surface area contributed by atoms with Gasteiger partial charge in [0.25, 0.3) is 0 Å². The number of sulfone groups is 1. The number of nitrogens with zero attached hydrogens (tertiary/aromatic N) is 5. The number of fused-ring (bicyclic) bond motifs is 2. The van der Waals surface area contributed by atoms with Crippen molar-refractivity contribution >= 4 is 32.7 Å². The Hall–Kier alpha value is -3.48. The topological polar surface area (TPSA) is 111 Å². The molecule has 4 aromatic rings. The predicted molar refractivity (Wildman–Crippen MR) is 111 cm³/mol. The van der Waals surface area contributed by atoms with Crippen molar-refractivity contribution in [2.45, 2.75) is 31.0 Å². The molecule has 1 saturated carbocycles. The van der Waals surface area contributed by atoms with Gasteiger partial charge >= 0.3 is 6.18 Å². The Balaban J connectivity index is 1.66. The third kappa shape index (κ3) is 3.81. The number of nitrogens with one attached hydrogen (secondary N) is 1. The van der Waals surface area contributed by atoms with Crippen LogP contribution < -0.4 is 5.32 Å². The summed E-state index contributed by atoms with van der Waals surface area (Å²) in [5, 5.41) is 6.66. The lowest BCUT2D eigenvalue weighted by atomic mass is 10.3. The van der Waals surface area contributed by atoms with Crippen molar-refractivity contribution < 1.29 is 26.4 Å². The highest BCUT2D eigenvalue weighted by Gasteiger charge is 2.32. The number of carbonyl (C=O) groups is 1. The summed E-state index contributed by atoms with van der Waals surface area (Å²) in [7, 11) is -3.82. The number of anilines is 1. The molecule has 0 saturated heterocycles. The molecule has 4 heterocycles. The van der Waals surface area contributed by atoms with E-state index in [1.807, 2.05) is 0 Å². The fourth-order valence-corrected chi connectivity index (χ4v) is 4.58. The van der Waals surface area contributed by atoms with Crippen LogP contribution in [-0.4, -0.2) is 44.1 Å². The smallest absolute Gasteiger partial charge is 0.326 e. The molecule has 1 fully saturated rings. The third-order valence-electron chi connectivity index (χ3n) is 5.34. The van der Waals surface area contributed by atoms with Gasteiger partial charge in [-0.25, -0.2) is 22.9 Å². The molecular formula is C20H17F3N6O3S. The second kappa shape index (κ2) is 7.27. The summed E-state index contributed by atoms with van der Waals surface area (Å²) in [6, 6.07) is 5.10. The van der Waals surface area contributed by atoms with Gasteiger partial charge in [0.2, 0.25) is 11.7 Å². The van der Waals surface area contributed by atoms with E-state index < -0.39 is 21.6 Å². The van der Waals surface area contributed by atoms with Crippen LogP contribution in [0.25, 0.3) is 22.8 Å². The molecule has 0 unspecified atom stereocenters. The number of hydrogen-bond acceptors (Lipinski definition) is 6. The molecule has 0 aliphatic heterocycles. The number of imidazole rings is 1. The molecule has 13 heteroatoms. The Kier molecular flexibility index (Phi) is 4.71. The average Bonchev–Trinajstić information content (AvgIpc) is 3.41. The molecule has 0 bridgehead atoms. The lowest BCUT2D eigenvalue weighted by molar-refractivity contribution is -0.137. The summed E-state index contributed by atoms with van der Waals surface area (Å²) in [6.07, 6.45) is -0.664. The SMILES string of the molecule is CCS(=O)(=O)c1c(-c2nc3ccc(C(F)(F)F)cn3n2)nc2cc(NC(=O)C3CC3)ccn12. The summed E-state index contributed by atoms with van der Waals surface area (Å²) in [4.78, 5) is 20.6. The second-order valence-corrected chi connectivity index (χ2v) is 9.92. The Bertz CT molecular complexity index is 1520. The van der Waals surface area contributed by atoms with Gasteiger partial charge in [0.05, 0.1) is 11.3 Å². The van der Waals surface area contributed by atoms with Crippen LogP contribution in [0.5, 0.6) is 0 Å². The van der Waals surface area contributed by atoms with Crippen molar-refractivity contribution in [1.82, 2.24) is 24.0 Å². The summed E-state index contributed by atoms with van der Waals surface area (Å²) < 4.78 is 67.2. The maximum atomic E-state index is 13.0. The van der Waals surface area contributed by atoms with E-state index in [1.165, 1.54) is 23.6 Å². The van der Waals surface area contributed by atoms with Crippen molar-refractivity contribution in [3.63, 3.8) is 0 Å². The highest BCUT2D eigenvalue weighted by atomic mass is 32.2. The normalized spacial score (nSPS) is 14.8. The zero-order chi connectivity index (χ0) is 23.5. The van der Waals surface area contributed by atoms with Crippen LogP contribution >= 0.6 is 0 Å². The monoisotopic (exact) mass is 478 g/mol. The standard InChI is InChI=1S/C20H17F3N6O3S/c1-2-33(31,32)19-16(17-26-14-6-5-12(20(21,22)23)10-29(14)27-17)25-15-9-13(7-8-28(15)19)24-18(30)11-3-4-11/h5-11H,2-4H2,1H3,(H,24,30). The van der Waals surface area contributed by atoms with E-state index in [4.69, 9.17) is 0 Å². The van der Waals surface area contributed by atoms with E-state index >= 15 is 0 Å². The molecule has 9 nitrogen and oxygen atoms in total. The quantitative estimate of drug-likeness (QED) is 0.472. The third-order valence-corrected chi connectivity index (χ3v) is 7.08. The minimum absolute atomic E-state index is 0.0173. The Morgan fingerprint density at radius 3 is 2.61 bits per heavy atom. The van der Waals surface area contributed by atoms with E-state index in [0.29, 0.717) is 5.69 Å². The zero-order valence-corrected chi connectivity index (χ0v) is 18.0. The first-order valence-corrected chi connectivity index (χ1v) is 11.7. The number of pyridine rings is 2. The van der Waals surface area contributed by atoms with E-state index in [0.717, 1.165) is 35.7 Å². The van der Waals surface area contributed by atoms with Crippen LogP contribution in [0.15, 0.2) is 41.7 Å². The van der Waals surface area contributed by atoms with E-state index in [9.17, 15) is 26.4 Å². The first kappa shape index (κ1) is 21.4. The van der Waals surface area contributed by atoms with E-state index in [1.54, 1.807) is 6.07 Å². The Labute approximate surface area is 185 Å². The molecular weight excluding hydrogens is 461 g/mol. The van der Waals surface area contributed by atoms with Gasteiger partial charge in [-0.2, -0.15) is 13.2 Å². The lowest BCUT2D eigenvalue weighted by Gasteiger charge is -2.06. The van der Waals surface area contributed by atoms with E-state index in [2.05, 4.69) is 20.4 Å². The van der Waals surface area contributed by atoms with Crippen molar-refractivity contribution in [2.24, 2.45) is 5.92 Å². The molecule has 1 aliphatic carbocycles. The molecule has 33 heavy (non-hydrogen) atoms. The molecule has 1 N–H and O–H groups in total. The highest BCUT2D eigenvalue weighted by Crippen LogP contribution is 2.32. The minimum Gasteiger partial charge on any atom is -0.326 e. The number of aromatic nitrogens is 5. The molecule has 1 amide bonds. The molecule has 0 spiro atoms. The molecule has 4 aromatic heterocycles. The average molecular weight is 478 g/mol. The first-order valence-electron chi connectivity index (χ1n) is 10.1. The van der Waals surface area contributed by atoms with Gasteiger partial charge in [-0.1, -0.05) is 6.92 Å². The van der Waals surface area contributed by atoms with Crippen molar-refractivity contribution in [1.29, 1.82) is 0 Å². The molecule has 0 aromatic carbocycles. The van der Waals surface area contributed by atoms with Gasteiger partial charge in [0.15, 0.2) is 20.5 Å². The maximum absolute atomic E-state index is 13.0. The van der Waals surface area contributed by atoms with Crippen molar-refractivity contribution in [2.75, 3.05) is 11.1 Å². The number of halogens is 3. The van der Waals surface area contributed by atoms with Gasteiger partial charge in [-0.15, -0.1) is 5.10 Å².